The van der Waals surface area contributed by atoms with Gasteiger partial charge in [0.15, 0.2) is 0 Å². The molecule has 0 aliphatic carbocycles. The zero-order valence-corrected chi connectivity index (χ0v) is 30.6. The summed E-state index contributed by atoms with van der Waals surface area (Å²) < 4.78 is 28.5. The van der Waals surface area contributed by atoms with Crippen molar-refractivity contribution in [3.8, 4) is 0 Å². The Morgan fingerprint density at radius 1 is 0.769 bits per heavy atom. The second-order valence-electron chi connectivity index (χ2n) is 12.5. The van der Waals surface area contributed by atoms with Crippen LogP contribution in [-0.4, -0.2) is 74.3 Å². The standard InChI is InChI=1S/C38H50F2N4O5S.O2.2H2/c1-4-7-17-31(42-36(47)26-14-9-8-10-15-26)34(45)35(46)32(21-25-19-28(39)22-29(40)20-25)43-38(49)33(24-50-30(12-5-2)13-6-3)44-37(48)27-16-11-18-41-23-27;1-2;;/h8-11,14-16,18-20,22-23,30-35,45-46H,4-7,12-13,17,21,24H2,1-3H3,(H,42,47)(H,43,49)(H,44,48);;2*1H/t31-,32+,33-,34-,35-;;;/m1.../s1. The van der Waals surface area contributed by atoms with Gasteiger partial charge in [-0.05, 0) is 67.6 Å². The van der Waals surface area contributed by atoms with Crippen LogP contribution in [0.3, 0.4) is 0 Å². The summed E-state index contributed by atoms with van der Waals surface area (Å²) in [7, 11) is 0. The zero-order valence-electron chi connectivity index (χ0n) is 29.8. The van der Waals surface area contributed by atoms with Crippen molar-refractivity contribution in [2.45, 2.75) is 108 Å². The summed E-state index contributed by atoms with van der Waals surface area (Å²) in [4.78, 5) is 58.3. The quantitative estimate of drug-likeness (QED) is 0.0855. The molecule has 3 amide bonds. The molecule has 0 spiro atoms. The van der Waals surface area contributed by atoms with E-state index in [-0.39, 0.29) is 31.4 Å². The minimum Gasteiger partial charge on any atom is -0.388 e. The van der Waals surface area contributed by atoms with Crippen LogP contribution in [0.1, 0.15) is 94.8 Å². The molecule has 1 heterocycles. The SMILES string of the molecule is CCCC[C@@H](NC(=O)c1ccccc1)[C@@H](O)[C@H](O)[C@H](Cc1cc(F)cc(F)c1)NC(=O)[C@@H](CSC(CCC)CCC)NC(=O)c1cccnc1.O=O.[HH].[HH]. The maximum atomic E-state index is 14.3. The molecule has 0 radical (unpaired) electrons. The fraction of sp³-hybridized carbons (Fsp3) is 0.474. The number of halogens is 2. The Hall–Kier alpha value is -4.27. The van der Waals surface area contributed by atoms with Crippen LogP contribution >= 0.6 is 11.8 Å². The number of hydrogen-bond donors (Lipinski definition) is 5. The second kappa shape index (κ2) is 24.1. The highest BCUT2D eigenvalue weighted by atomic mass is 32.2. The number of nitrogens with zero attached hydrogens (tertiary/aromatic N) is 1. The number of amides is 3. The van der Waals surface area contributed by atoms with E-state index in [9.17, 15) is 33.4 Å². The number of thioether (sulfide) groups is 1. The highest BCUT2D eigenvalue weighted by Gasteiger charge is 2.36. The fourth-order valence-corrected chi connectivity index (χ4v) is 7.21. The van der Waals surface area contributed by atoms with E-state index in [4.69, 9.17) is 9.93 Å². The van der Waals surface area contributed by atoms with Gasteiger partial charge in [0.05, 0.1) is 17.6 Å². The van der Waals surface area contributed by atoms with Gasteiger partial charge in [0.1, 0.15) is 29.9 Å². The van der Waals surface area contributed by atoms with Gasteiger partial charge in [-0.25, -0.2) is 8.78 Å². The van der Waals surface area contributed by atoms with Crippen LogP contribution in [0.5, 0.6) is 0 Å². The Labute approximate surface area is 311 Å². The molecule has 0 saturated heterocycles. The molecule has 5 atom stereocenters. The summed E-state index contributed by atoms with van der Waals surface area (Å²) in [5, 5.41) is 31.9. The first-order valence-corrected chi connectivity index (χ1v) is 18.6. The number of rotatable bonds is 21. The van der Waals surface area contributed by atoms with Gasteiger partial charge in [0.2, 0.25) is 5.91 Å². The number of aliphatic hydroxyl groups excluding tert-OH is 2. The predicted octanol–water partition coefficient (Wildman–Crippen LogP) is 6.16. The third-order valence-corrected chi connectivity index (χ3v) is 9.84. The molecule has 3 rings (SSSR count). The van der Waals surface area contributed by atoms with Gasteiger partial charge < -0.3 is 26.2 Å². The normalized spacial score (nSPS) is 13.8. The Balaban J connectivity index is 0.00000690. The molecule has 3 aromatic rings. The second-order valence-corrected chi connectivity index (χ2v) is 13.8. The lowest BCUT2D eigenvalue weighted by Gasteiger charge is -2.34. The van der Waals surface area contributed by atoms with Gasteiger partial charge in [0, 0.05) is 47.8 Å². The Kier molecular flexibility index (Phi) is 20.3. The van der Waals surface area contributed by atoms with E-state index in [0.717, 1.165) is 44.2 Å². The largest absolute Gasteiger partial charge is 0.388 e. The van der Waals surface area contributed by atoms with Gasteiger partial charge in [-0.2, -0.15) is 11.8 Å². The Morgan fingerprint density at radius 2 is 1.37 bits per heavy atom. The van der Waals surface area contributed by atoms with Crippen molar-refractivity contribution >= 4 is 29.5 Å². The monoisotopic (exact) mass is 748 g/mol. The van der Waals surface area contributed by atoms with E-state index in [1.165, 1.54) is 12.4 Å². The molecule has 0 aliphatic heterocycles. The van der Waals surface area contributed by atoms with Crippen molar-refractivity contribution in [3.05, 3.63) is 111 Å². The molecule has 2 aromatic carbocycles. The van der Waals surface area contributed by atoms with Crippen molar-refractivity contribution in [3.63, 3.8) is 0 Å². The topological polar surface area (TPSA) is 175 Å². The predicted molar refractivity (Wildman–Crippen MR) is 204 cm³/mol. The van der Waals surface area contributed by atoms with Gasteiger partial charge in [-0.1, -0.05) is 64.7 Å². The van der Waals surface area contributed by atoms with Crippen molar-refractivity contribution in [2.24, 2.45) is 0 Å². The highest BCUT2D eigenvalue weighted by Crippen LogP contribution is 2.23. The minimum atomic E-state index is -1.68. The first-order valence-electron chi connectivity index (χ1n) is 17.5. The lowest BCUT2D eigenvalue weighted by Crippen LogP contribution is -2.59. The summed E-state index contributed by atoms with van der Waals surface area (Å²) in [6.07, 6.45) is 4.84. The van der Waals surface area contributed by atoms with E-state index in [0.29, 0.717) is 24.5 Å². The maximum Gasteiger partial charge on any atom is 0.253 e. The average Bonchev–Trinajstić information content (AvgIpc) is 3.15. The Bertz CT molecular complexity index is 1500. The molecule has 52 heavy (non-hydrogen) atoms. The summed E-state index contributed by atoms with van der Waals surface area (Å²) in [5.41, 5.74) is 0.753. The Morgan fingerprint density at radius 3 is 1.94 bits per heavy atom. The average molecular weight is 749 g/mol. The molecule has 5 N–H and O–H groups in total. The number of benzene rings is 2. The summed E-state index contributed by atoms with van der Waals surface area (Å²) in [6.45, 7) is 6.12. The smallest absolute Gasteiger partial charge is 0.253 e. The fourth-order valence-electron chi connectivity index (χ4n) is 5.70. The summed E-state index contributed by atoms with van der Waals surface area (Å²) >= 11 is 1.56. The lowest BCUT2D eigenvalue weighted by molar-refractivity contribution is -0.125. The molecule has 288 valence electrons. The molecule has 0 aliphatic rings. The zero-order chi connectivity index (χ0) is 38.5. The van der Waals surface area contributed by atoms with Gasteiger partial charge in [-0.3, -0.25) is 19.4 Å². The van der Waals surface area contributed by atoms with Crippen molar-refractivity contribution in [2.75, 3.05) is 5.75 Å². The lowest BCUT2D eigenvalue weighted by atomic mass is 9.91. The van der Waals surface area contributed by atoms with Gasteiger partial charge in [-0.15, -0.1) is 0 Å². The van der Waals surface area contributed by atoms with Crippen LogP contribution in [0.15, 0.2) is 73.1 Å². The minimum absolute atomic E-state index is 0. The first-order chi connectivity index (χ1) is 25.1. The van der Waals surface area contributed by atoms with Crippen LogP contribution in [0.4, 0.5) is 8.78 Å². The van der Waals surface area contributed by atoms with Crippen molar-refractivity contribution in [1.82, 2.24) is 20.9 Å². The number of pyridine rings is 1. The van der Waals surface area contributed by atoms with Crippen LogP contribution in [0.25, 0.3) is 0 Å². The van der Waals surface area contributed by atoms with Crippen LogP contribution in [0, 0.1) is 21.6 Å². The van der Waals surface area contributed by atoms with E-state index in [1.54, 1.807) is 54.2 Å². The molecular formula is C38H54F2N4O7S. The molecule has 11 nitrogen and oxygen atoms in total. The van der Waals surface area contributed by atoms with Crippen molar-refractivity contribution in [1.29, 1.82) is 0 Å². The van der Waals surface area contributed by atoms with Gasteiger partial charge in [0.25, 0.3) is 11.8 Å². The number of aliphatic hydroxyl groups is 2. The molecule has 0 unspecified atom stereocenters. The molecule has 14 heteroatoms. The molecule has 0 fully saturated rings. The van der Waals surface area contributed by atoms with Gasteiger partial charge >= 0.3 is 0 Å². The number of carbonyl (C=O) groups excluding carboxylic acids is 3. The molecule has 1 aromatic heterocycles. The summed E-state index contributed by atoms with van der Waals surface area (Å²) in [5.74, 6) is -3.08. The third-order valence-electron chi connectivity index (χ3n) is 8.37. The number of aromatic nitrogens is 1. The number of carbonyl (C=O) groups is 3. The van der Waals surface area contributed by atoms with E-state index < -0.39 is 59.7 Å². The number of unbranched alkanes of at least 4 members (excludes halogenated alkanes) is 1. The molecule has 0 bridgehead atoms. The molecular weight excluding hydrogens is 695 g/mol. The maximum absolute atomic E-state index is 14.3. The van der Waals surface area contributed by atoms with Crippen LogP contribution in [0.2, 0.25) is 0 Å². The van der Waals surface area contributed by atoms with E-state index >= 15 is 0 Å². The van der Waals surface area contributed by atoms with E-state index in [1.807, 2.05) is 6.92 Å². The van der Waals surface area contributed by atoms with Crippen LogP contribution in [-0.2, 0) is 11.2 Å². The highest BCUT2D eigenvalue weighted by molar-refractivity contribution is 8.00. The third kappa shape index (κ3) is 14.8. The summed E-state index contributed by atoms with van der Waals surface area (Å²) in [6, 6.07) is 11.3. The van der Waals surface area contributed by atoms with Crippen molar-refractivity contribution < 1.29 is 36.2 Å². The first kappa shape index (κ1) is 43.9. The van der Waals surface area contributed by atoms with E-state index in [2.05, 4.69) is 34.8 Å². The number of hydrogen-bond acceptors (Lipinski definition) is 9. The number of nitrogens with one attached hydrogen (secondary N) is 3. The van der Waals surface area contributed by atoms with Crippen LogP contribution < -0.4 is 16.0 Å². The molecule has 0 saturated carbocycles.